The Morgan fingerprint density at radius 3 is 1.41 bits per heavy atom. The third-order valence-corrected chi connectivity index (χ3v) is 6.36. The van der Waals surface area contributed by atoms with Crippen LogP contribution in [0.1, 0.15) is 127 Å². The van der Waals surface area contributed by atoms with Crippen LogP contribution in [-0.4, -0.2) is 11.7 Å². The number of hydrogen-bond acceptors (Lipinski definition) is 2. The standard InChI is InChI=1S/C14H16.C10H14.C6H14N2.C5H11NO.C5H12.C2H6/c1-11(2)9-12-7-8-13-5-3-4-6-14(13)10-12;1-9(2)8-10-6-4-3-5-7-10;1-5(2)3-4-6(7)8;1-4(2)3-5(6)7;1-4-5(2)3;1-2/h3-8,10-11H,9H2,1-2H3;3-7,9H,8H2,1-2H3;5H,3-4H2,1-2H3,(H3,7,8);4H,3H2,1-2H3,(H2,6,7);5H,4H2,1-3H3;1-2H3. The lowest BCUT2D eigenvalue weighted by atomic mass is 10.00. The molecule has 0 unspecified atom stereocenters. The van der Waals surface area contributed by atoms with Crippen molar-refractivity contribution >= 4 is 22.5 Å². The number of amides is 1. The molecule has 262 valence electrons. The molecule has 0 atom stereocenters. The second-order valence-electron chi connectivity index (χ2n) is 13.7. The van der Waals surface area contributed by atoms with Gasteiger partial charge in [0.05, 0.1) is 5.84 Å². The summed E-state index contributed by atoms with van der Waals surface area (Å²) >= 11 is 0. The molecule has 3 aromatic rings. The Balaban J connectivity index is -0.000000518. The Bertz CT molecular complexity index is 1120. The first-order valence-electron chi connectivity index (χ1n) is 17.7. The first-order chi connectivity index (χ1) is 21.6. The molecule has 0 aliphatic rings. The zero-order chi connectivity index (χ0) is 36.1. The summed E-state index contributed by atoms with van der Waals surface area (Å²) in [5, 5.41) is 9.55. The maximum atomic E-state index is 10.0. The molecule has 0 saturated carbocycles. The number of nitrogens with one attached hydrogen (secondary N) is 1. The van der Waals surface area contributed by atoms with Gasteiger partial charge in [0.1, 0.15) is 0 Å². The predicted molar refractivity (Wildman–Crippen MR) is 209 cm³/mol. The number of rotatable bonds is 10. The largest absolute Gasteiger partial charge is 0.388 e. The van der Waals surface area contributed by atoms with E-state index in [0.717, 1.165) is 30.6 Å². The second kappa shape index (κ2) is 30.5. The molecule has 0 fully saturated rings. The molecular weight excluding hydrogens is 562 g/mol. The molecule has 3 rings (SSSR count). The molecule has 0 spiro atoms. The van der Waals surface area contributed by atoms with Gasteiger partial charge in [-0.05, 0) is 70.8 Å². The summed E-state index contributed by atoms with van der Waals surface area (Å²) in [7, 11) is 0. The van der Waals surface area contributed by atoms with Gasteiger partial charge in [-0.3, -0.25) is 10.2 Å². The summed E-state index contributed by atoms with van der Waals surface area (Å²) in [5.41, 5.74) is 12.9. The van der Waals surface area contributed by atoms with E-state index < -0.39 is 0 Å². The normalized spacial score (nSPS) is 9.96. The van der Waals surface area contributed by atoms with Crippen LogP contribution < -0.4 is 11.5 Å². The lowest BCUT2D eigenvalue weighted by Gasteiger charge is -2.06. The molecule has 0 bridgehead atoms. The van der Waals surface area contributed by atoms with Crippen LogP contribution in [0.15, 0.2) is 72.8 Å². The van der Waals surface area contributed by atoms with E-state index in [1.165, 1.54) is 41.2 Å². The molecule has 46 heavy (non-hydrogen) atoms. The number of carbonyl (C=O) groups excluding carboxylic acids is 1. The van der Waals surface area contributed by atoms with Gasteiger partial charge >= 0.3 is 0 Å². The van der Waals surface area contributed by atoms with Crippen LogP contribution in [0.3, 0.4) is 0 Å². The summed E-state index contributed by atoms with van der Waals surface area (Å²) in [6, 6.07) is 25.9. The SMILES string of the molecule is CC.CC(C)CC(N)=O.CC(C)CCC(=N)N.CC(C)Cc1ccc2ccccc2c1.CC(C)Cc1ccccc1.CCC(C)C. The Morgan fingerprint density at radius 1 is 0.609 bits per heavy atom. The zero-order valence-corrected chi connectivity index (χ0v) is 32.1. The van der Waals surface area contributed by atoms with Gasteiger partial charge in [0.25, 0.3) is 0 Å². The molecule has 0 heterocycles. The summed E-state index contributed by atoms with van der Waals surface area (Å²) in [4.78, 5) is 10.0. The van der Waals surface area contributed by atoms with Crippen molar-refractivity contribution in [1.29, 1.82) is 5.41 Å². The minimum absolute atomic E-state index is 0.213. The van der Waals surface area contributed by atoms with Crippen molar-refractivity contribution in [2.45, 2.75) is 129 Å². The lowest BCUT2D eigenvalue weighted by Crippen LogP contribution is -2.12. The highest BCUT2D eigenvalue weighted by Gasteiger charge is 1.99. The Hall–Kier alpha value is -3.14. The van der Waals surface area contributed by atoms with E-state index in [2.05, 4.69) is 135 Å². The van der Waals surface area contributed by atoms with Gasteiger partial charge in [-0.2, -0.15) is 0 Å². The van der Waals surface area contributed by atoms with E-state index >= 15 is 0 Å². The zero-order valence-electron chi connectivity index (χ0n) is 32.1. The number of fused-ring (bicyclic) bond motifs is 1. The van der Waals surface area contributed by atoms with Gasteiger partial charge in [0.15, 0.2) is 0 Å². The summed E-state index contributed by atoms with van der Waals surface area (Å²) < 4.78 is 0. The minimum Gasteiger partial charge on any atom is -0.388 e. The van der Waals surface area contributed by atoms with Gasteiger partial charge in [-0.25, -0.2) is 0 Å². The third kappa shape index (κ3) is 33.7. The fourth-order valence-electron chi connectivity index (χ4n) is 3.77. The van der Waals surface area contributed by atoms with Crippen molar-refractivity contribution < 1.29 is 4.79 Å². The lowest BCUT2D eigenvalue weighted by molar-refractivity contribution is -0.118. The van der Waals surface area contributed by atoms with Crippen LogP contribution in [0, 0.1) is 35.0 Å². The monoisotopic (exact) mass is 636 g/mol. The second-order valence-corrected chi connectivity index (χ2v) is 13.7. The van der Waals surface area contributed by atoms with E-state index in [9.17, 15) is 4.79 Å². The minimum atomic E-state index is -0.213. The fourth-order valence-corrected chi connectivity index (χ4v) is 3.77. The van der Waals surface area contributed by atoms with E-state index in [-0.39, 0.29) is 5.91 Å². The van der Waals surface area contributed by atoms with Crippen molar-refractivity contribution in [3.8, 4) is 0 Å². The summed E-state index contributed by atoms with van der Waals surface area (Å²) in [6.45, 7) is 27.8. The average Bonchev–Trinajstić information content (AvgIpc) is 2.97. The van der Waals surface area contributed by atoms with Crippen LogP contribution >= 0.6 is 0 Å². The van der Waals surface area contributed by atoms with Gasteiger partial charge in [0.2, 0.25) is 5.91 Å². The number of carbonyl (C=O) groups is 1. The molecule has 0 saturated heterocycles. The van der Waals surface area contributed by atoms with Crippen molar-refractivity contribution in [1.82, 2.24) is 0 Å². The van der Waals surface area contributed by atoms with Gasteiger partial charge in [0, 0.05) is 12.8 Å². The van der Waals surface area contributed by atoms with Crippen LogP contribution in [0.4, 0.5) is 0 Å². The maximum absolute atomic E-state index is 10.0. The molecular formula is C42H73N3O. The molecule has 5 N–H and O–H groups in total. The van der Waals surface area contributed by atoms with Crippen LogP contribution in [0.5, 0.6) is 0 Å². The Morgan fingerprint density at radius 2 is 1.07 bits per heavy atom. The number of nitrogens with two attached hydrogens (primary N) is 2. The van der Waals surface area contributed by atoms with E-state index in [0.29, 0.717) is 24.1 Å². The number of amidine groups is 1. The van der Waals surface area contributed by atoms with Crippen molar-refractivity contribution in [2.75, 3.05) is 0 Å². The number of primary amides is 1. The topological polar surface area (TPSA) is 93.0 Å². The van der Waals surface area contributed by atoms with E-state index in [1.54, 1.807) is 0 Å². The van der Waals surface area contributed by atoms with Gasteiger partial charge in [-0.1, -0.05) is 169 Å². The summed E-state index contributed by atoms with van der Waals surface area (Å²) in [5.74, 6) is 3.54. The van der Waals surface area contributed by atoms with Crippen molar-refractivity contribution in [2.24, 2.45) is 41.1 Å². The quantitative estimate of drug-likeness (QED) is 0.153. The Kier molecular flexibility index (Phi) is 31.4. The molecule has 0 aromatic heterocycles. The van der Waals surface area contributed by atoms with Gasteiger partial charge in [-0.15, -0.1) is 0 Å². The molecule has 4 nitrogen and oxygen atoms in total. The molecule has 0 aliphatic heterocycles. The Labute approximate surface area is 285 Å². The van der Waals surface area contributed by atoms with Crippen LogP contribution in [0.25, 0.3) is 10.8 Å². The van der Waals surface area contributed by atoms with Crippen molar-refractivity contribution in [3.05, 3.63) is 83.9 Å². The smallest absolute Gasteiger partial charge is 0.217 e. The van der Waals surface area contributed by atoms with Crippen LogP contribution in [0.2, 0.25) is 0 Å². The molecule has 4 heteroatoms. The first kappa shape index (κ1) is 47.3. The molecule has 1 amide bonds. The summed E-state index contributed by atoms with van der Waals surface area (Å²) in [6.07, 6.45) is 5.96. The van der Waals surface area contributed by atoms with Crippen LogP contribution in [-0.2, 0) is 17.6 Å². The fraction of sp³-hybridized carbons (Fsp3) is 0.571. The predicted octanol–water partition coefficient (Wildman–Crippen LogP) is 11.9. The van der Waals surface area contributed by atoms with E-state index in [4.69, 9.17) is 16.9 Å². The highest BCUT2D eigenvalue weighted by molar-refractivity contribution is 5.83. The third-order valence-electron chi connectivity index (χ3n) is 6.36. The number of benzene rings is 3. The average molecular weight is 636 g/mol. The number of hydrogen-bond donors (Lipinski definition) is 3. The molecule has 0 aliphatic carbocycles. The van der Waals surface area contributed by atoms with E-state index in [1.807, 2.05) is 27.7 Å². The highest BCUT2D eigenvalue weighted by atomic mass is 16.1. The van der Waals surface area contributed by atoms with Gasteiger partial charge < -0.3 is 11.5 Å². The molecule has 3 aromatic carbocycles. The maximum Gasteiger partial charge on any atom is 0.217 e. The molecule has 0 radical (unpaired) electrons. The first-order valence-corrected chi connectivity index (χ1v) is 17.7. The van der Waals surface area contributed by atoms with Crippen molar-refractivity contribution in [3.63, 3.8) is 0 Å². The highest BCUT2D eigenvalue weighted by Crippen LogP contribution is 2.17.